The predicted molar refractivity (Wildman–Crippen MR) is 114 cm³/mol. The van der Waals surface area contributed by atoms with Gasteiger partial charge < -0.3 is 10.5 Å². The van der Waals surface area contributed by atoms with Gasteiger partial charge in [-0.1, -0.05) is 37.1 Å². The van der Waals surface area contributed by atoms with Gasteiger partial charge in [-0.2, -0.15) is 11.8 Å². The van der Waals surface area contributed by atoms with Crippen molar-refractivity contribution in [2.24, 2.45) is 0 Å². The highest BCUT2D eigenvalue weighted by molar-refractivity contribution is 7.98. The van der Waals surface area contributed by atoms with E-state index in [1.165, 1.54) is 0 Å². The first-order chi connectivity index (χ1) is 13.7. The van der Waals surface area contributed by atoms with Crippen LogP contribution in [0.2, 0.25) is 5.02 Å². The van der Waals surface area contributed by atoms with E-state index in [0.717, 1.165) is 70.1 Å². The molecule has 1 atom stereocenters. The molecule has 28 heavy (non-hydrogen) atoms. The minimum Gasteiger partial charge on any atom is -0.418 e. The number of fused-ring (bicyclic) bond motifs is 3. The molecule has 7 heteroatoms. The smallest absolute Gasteiger partial charge is 0.244 e. The standard InChI is InChI=1S/C21H21ClN4OS/c1-2-3-15-17-16(11-4-6-12(22)7-5-11)18-19(23)13-10-28-9-8-14(13)24-20(18)27-21(17)26-25-15/h4-7,16H,2-3,8-10H2,1H3,(H2,23,24)(H,25,26). The van der Waals surface area contributed by atoms with E-state index in [0.29, 0.717) is 16.8 Å². The summed E-state index contributed by atoms with van der Waals surface area (Å²) in [5.74, 6) is 3.08. The summed E-state index contributed by atoms with van der Waals surface area (Å²) in [7, 11) is 0. The number of pyridine rings is 1. The van der Waals surface area contributed by atoms with Gasteiger partial charge in [0.15, 0.2) is 0 Å². The van der Waals surface area contributed by atoms with Crippen LogP contribution < -0.4 is 10.5 Å². The fraction of sp³-hybridized carbons (Fsp3) is 0.333. The molecule has 4 heterocycles. The number of hydrogen-bond donors (Lipinski definition) is 2. The summed E-state index contributed by atoms with van der Waals surface area (Å²) in [4.78, 5) is 4.87. The lowest BCUT2D eigenvalue weighted by Gasteiger charge is -2.30. The number of aromatic amines is 1. The molecular weight excluding hydrogens is 392 g/mol. The first-order valence-corrected chi connectivity index (χ1v) is 11.1. The maximum Gasteiger partial charge on any atom is 0.244 e. The van der Waals surface area contributed by atoms with Crippen LogP contribution in [0.5, 0.6) is 11.8 Å². The molecule has 5 nitrogen and oxygen atoms in total. The van der Waals surface area contributed by atoms with Crippen molar-refractivity contribution in [1.82, 2.24) is 15.2 Å². The molecule has 0 amide bonds. The van der Waals surface area contributed by atoms with Crippen molar-refractivity contribution in [3.8, 4) is 11.8 Å². The number of benzene rings is 1. The van der Waals surface area contributed by atoms with Crippen molar-refractivity contribution in [2.45, 2.75) is 37.9 Å². The second-order valence-electron chi connectivity index (χ2n) is 7.23. The number of nitrogen functional groups attached to an aromatic ring is 1. The highest BCUT2D eigenvalue weighted by atomic mass is 35.5. The van der Waals surface area contributed by atoms with Crippen LogP contribution in [0, 0.1) is 0 Å². The molecule has 0 radical (unpaired) electrons. The average molecular weight is 413 g/mol. The van der Waals surface area contributed by atoms with E-state index in [9.17, 15) is 0 Å². The van der Waals surface area contributed by atoms with Gasteiger partial charge in [0.1, 0.15) is 0 Å². The Bertz CT molecular complexity index is 1050. The molecule has 0 aliphatic carbocycles. The zero-order valence-corrected chi connectivity index (χ0v) is 17.2. The summed E-state index contributed by atoms with van der Waals surface area (Å²) >= 11 is 8.06. The Morgan fingerprint density at radius 1 is 1.25 bits per heavy atom. The third kappa shape index (κ3) is 2.78. The van der Waals surface area contributed by atoms with Gasteiger partial charge in [0.2, 0.25) is 11.8 Å². The van der Waals surface area contributed by atoms with Crippen molar-refractivity contribution in [1.29, 1.82) is 0 Å². The Labute approximate surface area is 173 Å². The highest BCUT2D eigenvalue weighted by Crippen LogP contribution is 2.51. The number of ether oxygens (including phenoxy) is 1. The molecule has 0 saturated carbocycles. The number of hydrogen-bond acceptors (Lipinski definition) is 5. The zero-order valence-electron chi connectivity index (χ0n) is 15.6. The quantitative estimate of drug-likeness (QED) is 0.491. The Hall–Kier alpha value is -2.18. The maximum atomic E-state index is 6.74. The molecule has 3 aromatic rings. The van der Waals surface area contributed by atoms with E-state index >= 15 is 0 Å². The number of H-pyrrole nitrogens is 1. The molecule has 2 aliphatic rings. The Morgan fingerprint density at radius 3 is 2.86 bits per heavy atom. The molecular formula is C21H21ClN4OS. The Kier molecular flexibility index (Phi) is 4.48. The van der Waals surface area contributed by atoms with Crippen molar-refractivity contribution in [3.05, 3.63) is 62.9 Å². The zero-order chi connectivity index (χ0) is 19.3. The number of nitrogens with one attached hydrogen (secondary N) is 1. The van der Waals surface area contributed by atoms with Crippen LogP contribution in [0.25, 0.3) is 0 Å². The molecule has 0 bridgehead atoms. The number of anilines is 1. The lowest BCUT2D eigenvalue weighted by molar-refractivity contribution is 0.415. The van der Waals surface area contributed by atoms with Gasteiger partial charge in [-0.05, 0) is 36.3 Å². The van der Waals surface area contributed by atoms with Gasteiger partial charge in [0.25, 0.3) is 0 Å². The van der Waals surface area contributed by atoms with Crippen LogP contribution in [0.1, 0.15) is 52.9 Å². The van der Waals surface area contributed by atoms with Crippen molar-refractivity contribution >= 4 is 29.1 Å². The van der Waals surface area contributed by atoms with Gasteiger partial charge >= 0.3 is 0 Å². The van der Waals surface area contributed by atoms with Crippen molar-refractivity contribution in [3.63, 3.8) is 0 Å². The highest BCUT2D eigenvalue weighted by Gasteiger charge is 2.37. The third-order valence-corrected chi connectivity index (χ3v) is 6.72. The van der Waals surface area contributed by atoms with E-state index in [1.54, 1.807) is 0 Å². The second-order valence-corrected chi connectivity index (χ2v) is 8.77. The summed E-state index contributed by atoms with van der Waals surface area (Å²) in [6.07, 6.45) is 2.84. The van der Waals surface area contributed by atoms with Crippen LogP contribution in [0.3, 0.4) is 0 Å². The summed E-state index contributed by atoms with van der Waals surface area (Å²) in [5, 5.41) is 8.34. The van der Waals surface area contributed by atoms with Gasteiger partial charge in [0.05, 0.1) is 11.3 Å². The molecule has 1 unspecified atom stereocenters. The molecule has 0 fully saturated rings. The van der Waals surface area contributed by atoms with Gasteiger partial charge in [-0.3, -0.25) is 5.10 Å². The fourth-order valence-electron chi connectivity index (χ4n) is 4.16. The number of nitrogens with two attached hydrogens (primary N) is 1. The average Bonchev–Trinajstić information content (AvgIpc) is 3.10. The van der Waals surface area contributed by atoms with E-state index < -0.39 is 0 Å². The number of halogens is 1. The molecule has 1 aromatic carbocycles. The molecule has 3 N–H and O–H groups in total. The monoisotopic (exact) mass is 412 g/mol. The molecule has 144 valence electrons. The van der Waals surface area contributed by atoms with Crippen molar-refractivity contribution in [2.75, 3.05) is 11.5 Å². The van der Waals surface area contributed by atoms with E-state index in [2.05, 4.69) is 29.3 Å². The summed E-state index contributed by atoms with van der Waals surface area (Å²) < 4.78 is 6.16. The molecule has 0 spiro atoms. The Morgan fingerprint density at radius 2 is 2.07 bits per heavy atom. The summed E-state index contributed by atoms with van der Waals surface area (Å²) in [5.41, 5.74) is 14.0. The number of rotatable bonds is 3. The van der Waals surface area contributed by atoms with Crippen LogP contribution in [0.4, 0.5) is 5.69 Å². The van der Waals surface area contributed by atoms with E-state index in [1.807, 2.05) is 23.9 Å². The minimum atomic E-state index is -0.0685. The minimum absolute atomic E-state index is 0.0685. The predicted octanol–water partition coefficient (Wildman–Crippen LogP) is 5.07. The van der Waals surface area contributed by atoms with Crippen molar-refractivity contribution < 1.29 is 4.74 Å². The van der Waals surface area contributed by atoms with Crippen LogP contribution >= 0.6 is 23.4 Å². The molecule has 5 rings (SSSR count). The lowest BCUT2D eigenvalue weighted by Crippen LogP contribution is -2.19. The van der Waals surface area contributed by atoms with Crippen LogP contribution in [-0.4, -0.2) is 20.9 Å². The first kappa shape index (κ1) is 17.9. The van der Waals surface area contributed by atoms with E-state index in [-0.39, 0.29) is 5.92 Å². The van der Waals surface area contributed by atoms with Crippen LogP contribution in [0.15, 0.2) is 24.3 Å². The SMILES string of the molecule is CCCc1[nH]nc2c1C(c1ccc(Cl)cc1)c1c(nc3c(c1N)CSCC3)O2. The normalized spacial score (nSPS) is 17.4. The largest absolute Gasteiger partial charge is 0.418 e. The van der Waals surface area contributed by atoms with Gasteiger partial charge in [-0.25, -0.2) is 4.98 Å². The number of nitrogens with zero attached hydrogens (tertiary/aromatic N) is 2. The lowest BCUT2D eigenvalue weighted by atomic mass is 9.82. The summed E-state index contributed by atoms with van der Waals surface area (Å²) in [6, 6.07) is 7.96. The third-order valence-electron chi connectivity index (χ3n) is 5.48. The summed E-state index contributed by atoms with van der Waals surface area (Å²) in [6.45, 7) is 2.16. The van der Waals surface area contributed by atoms with E-state index in [4.69, 9.17) is 27.1 Å². The molecule has 2 aliphatic heterocycles. The van der Waals surface area contributed by atoms with Crippen LogP contribution in [-0.2, 0) is 18.6 Å². The van der Waals surface area contributed by atoms with Gasteiger partial charge in [-0.15, -0.1) is 5.10 Å². The number of aryl methyl sites for hydroxylation is 2. The Balaban J connectivity index is 1.76. The molecule has 2 aromatic heterocycles. The first-order valence-electron chi connectivity index (χ1n) is 9.56. The fourth-order valence-corrected chi connectivity index (χ4v) is 5.29. The number of aromatic nitrogens is 3. The topological polar surface area (TPSA) is 76.8 Å². The maximum absolute atomic E-state index is 6.74. The molecule has 0 saturated heterocycles. The second kappa shape index (κ2) is 7.01. The van der Waals surface area contributed by atoms with Gasteiger partial charge in [0, 0.05) is 39.2 Å². The number of thioether (sulfide) groups is 1.